The second-order valence-electron chi connectivity index (χ2n) is 12.5. The van der Waals surface area contributed by atoms with Crippen molar-refractivity contribution in [2.75, 3.05) is 0 Å². The molecular weight excluding hydrogens is 411 g/mol. The van der Waals surface area contributed by atoms with Gasteiger partial charge in [-0.1, -0.05) is 45.8 Å². The molecule has 8 atom stereocenters. The molecule has 190 valence electrons. The number of hydrogen-bond donors (Lipinski definition) is 0. The number of fused-ring (bicyclic) bond motifs is 5. The summed E-state index contributed by atoms with van der Waals surface area (Å²) in [4.78, 5) is 14.6. The predicted octanol–water partition coefficient (Wildman–Crippen LogP) is 9.24. The number of rotatable bonds is 5. The van der Waals surface area contributed by atoms with Crippen molar-refractivity contribution in [2.24, 2.45) is 46.3 Å². The molecule has 4 saturated carbocycles. The monoisotopic (exact) mass is 462 g/mol. The van der Waals surface area contributed by atoms with Gasteiger partial charge in [-0.25, -0.2) is 4.79 Å². The molecule has 0 amide bonds. The third kappa shape index (κ3) is 5.22. The van der Waals surface area contributed by atoms with Gasteiger partial charge in [-0.05, 0) is 131 Å². The Morgan fingerprint density at radius 3 is 2.33 bits per heavy atom. The van der Waals surface area contributed by atoms with E-state index in [9.17, 15) is 9.32 Å². The van der Waals surface area contributed by atoms with Gasteiger partial charge < -0.3 is 0 Å². The van der Waals surface area contributed by atoms with Crippen molar-refractivity contribution in [3.05, 3.63) is 11.6 Å². The Labute approximate surface area is 203 Å². The van der Waals surface area contributed by atoms with E-state index in [2.05, 4.69) is 52.6 Å². The molecule has 3 heteroatoms. The summed E-state index contributed by atoms with van der Waals surface area (Å²) in [6.45, 7) is 14.0. The van der Waals surface area contributed by atoms with Crippen LogP contribution in [0.1, 0.15) is 125 Å². The van der Waals surface area contributed by atoms with Crippen molar-refractivity contribution in [1.82, 2.24) is 0 Å². The summed E-state index contributed by atoms with van der Waals surface area (Å²) in [6, 6.07) is 0. The van der Waals surface area contributed by atoms with E-state index in [1.165, 1.54) is 64.2 Å². The molecule has 4 fully saturated rings. The maximum atomic E-state index is 12.0. The molecule has 4 aliphatic carbocycles. The van der Waals surface area contributed by atoms with Crippen molar-refractivity contribution in [2.45, 2.75) is 125 Å². The zero-order valence-electron chi connectivity index (χ0n) is 22.4. The first-order valence-corrected chi connectivity index (χ1v) is 14.2. The molecule has 0 aromatic carbocycles. The zero-order valence-corrected chi connectivity index (χ0v) is 22.4. The second kappa shape index (κ2) is 11.3. The molecule has 4 aliphatic rings. The van der Waals surface area contributed by atoms with Gasteiger partial charge >= 0.3 is 5.97 Å². The Kier molecular flexibility index (Phi) is 9.12. The quantitative estimate of drug-likeness (QED) is 0.380. The lowest BCUT2D eigenvalue weighted by molar-refractivity contribution is -0.183. The third-order valence-corrected chi connectivity index (χ3v) is 11.0. The van der Waals surface area contributed by atoms with Crippen molar-refractivity contribution >= 4 is 5.97 Å². The molecule has 2 nitrogen and oxygen atoms in total. The van der Waals surface area contributed by atoms with E-state index in [1.54, 1.807) is 5.57 Å². The van der Waals surface area contributed by atoms with Crippen LogP contribution in [-0.4, -0.2) is 5.97 Å². The van der Waals surface area contributed by atoms with Gasteiger partial charge in [0.15, 0.2) is 0 Å². The Morgan fingerprint density at radius 1 is 1.00 bits per heavy atom. The Bertz CT molecular complexity index is 687. The van der Waals surface area contributed by atoms with Gasteiger partial charge in [0, 0.05) is 10.9 Å². The number of allylic oxidation sites excluding steroid dienone is 2. The van der Waals surface area contributed by atoms with Crippen LogP contribution in [0.2, 0.25) is 0 Å². The molecule has 0 N–H and O–H groups in total. The van der Waals surface area contributed by atoms with Crippen LogP contribution in [-0.2, 0) is 9.74 Å². The lowest BCUT2D eigenvalue weighted by Gasteiger charge is -2.61. The van der Waals surface area contributed by atoms with Gasteiger partial charge in [0.2, 0.25) is 0 Å². The van der Waals surface area contributed by atoms with Crippen molar-refractivity contribution in [1.29, 1.82) is 0 Å². The number of hydrogen-bond acceptors (Lipinski definition) is 2. The lowest BCUT2D eigenvalue weighted by atomic mass is 9.44. The average molecular weight is 463 g/mol. The molecule has 4 rings (SSSR count). The fourth-order valence-corrected chi connectivity index (χ4v) is 9.02. The molecule has 0 heterocycles. The molecule has 0 bridgehead atoms. The van der Waals surface area contributed by atoms with E-state index in [-0.39, 0.29) is 6.42 Å². The summed E-state index contributed by atoms with van der Waals surface area (Å²) in [7, 11) is 0. The van der Waals surface area contributed by atoms with Gasteiger partial charge in [-0.15, -0.1) is 0 Å². The minimum atomic E-state index is -0.701. The van der Waals surface area contributed by atoms with Crippen LogP contribution in [0.5, 0.6) is 0 Å². The molecule has 0 spiro atoms. The van der Waals surface area contributed by atoms with Crippen LogP contribution in [0.3, 0.4) is 0 Å². The normalized spacial score (nSPS) is 42.3. The maximum absolute atomic E-state index is 12.0. The first-order chi connectivity index (χ1) is 15.7. The van der Waals surface area contributed by atoms with Gasteiger partial charge in [-0.2, -0.15) is 0 Å². The molecule has 0 saturated heterocycles. The lowest BCUT2D eigenvalue weighted by Crippen LogP contribution is -2.53. The highest BCUT2D eigenvalue weighted by molar-refractivity contribution is 5.68. The molecule has 33 heavy (non-hydrogen) atoms. The highest BCUT2D eigenvalue weighted by atomic mass is 19.3. The van der Waals surface area contributed by atoms with Crippen LogP contribution >= 0.6 is 0 Å². The van der Waals surface area contributed by atoms with Crippen LogP contribution in [0, 0.1) is 46.3 Å². The van der Waals surface area contributed by atoms with Crippen LogP contribution in [0.4, 0.5) is 4.53 Å². The number of halogens is 1. The van der Waals surface area contributed by atoms with Crippen molar-refractivity contribution in [3.8, 4) is 0 Å². The molecule has 7 unspecified atom stereocenters. The minimum absolute atomic E-state index is 0.229. The molecular formula is C30H51FO2. The summed E-state index contributed by atoms with van der Waals surface area (Å²) in [5, 5.41) is 0. The molecule has 0 aliphatic heterocycles. The SMILES string of the molecule is CC=C(C)C1CCC2(C)C(CCC3C2CCC2(C)C(CCCC(=O)OF)CC[C@@H]32)C1.CCC. The van der Waals surface area contributed by atoms with Gasteiger partial charge in [0.05, 0.1) is 0 Å². The van der Waals surface area contributed by atoms with Gasteiger partial charge in [-0.3, -0.25) is 4.94 Å². The topological polar surface area (TPSA) is 26.3 Å². The van der Waals surface area contributed by atoms with Crippen LogP contribution in [0.25, 0.3) is 0 Å². The predicted molar refractivity (Wildman–Crippen MR) is 135 cm³/mol. The molecule has 0 aromatic rings. The first-order valence-electron chi connectivity index (χ1n) is 14.2. The summed E-state index contributed by atoms with van der Waals surface area (Å²) in [6.07, 6.45) is 18.2. The van der Waals surface area contributed by atoms with E-state index in [0.29, 0.717) is 16.7 Å². The van der Waals surface area contributed by atoms with E-state index in [1.807, 2.05) is 0 Å². The number of carbonyl (C=O) groups excluding carboxylic acids is 1. The zero-order chi connectivity index (χ0) is 24.2. The highest BCUT2D eigenvalue weighted by Gasteiger charge is 2.59. The van der Waals surface area contributed by atoms with E-state index in [0.717, 1.165) is 42.4 Å². The fraction of sp³-hybridized carbons (Fsp3) is 0.900. The summed E-state index contributed by atoms with van der Waals surface area (Å²) >= 11 is 0. The van der Waals surface area contributed by atoms with E-state index in [4.69, 9.17) is 0 Å². The van der Waals surface area contributed by atoms with Crippen LogP contribution < -0.4 is 0 Å². The van der Waals surface area contributed by atoms with E-state index >= 15 is 0 Å². The highest BCUT2D eigenvalue weighted by Crippen LogP contribution is 2.68. The van der Waals surface area contributed by atoms with Gasteiger partial charge in [0.1, 0.15) is 0 Å². The Hall–Kier alpha value is -0.860. The van der Waals surface area contributed by atoms with Crippen molar-refractivity contribution in [3.63, 3.8) is 0 Å². The second-order valence-corrected chi connectivity index (χ2v) is 12.5. The largest absolute Gasteiger partial charge is 0.348 e. The standard InChI is InChI=1S/C27H43FO2.C3H8/c1-5-18(2)19-13-15-27(4)21(17-19)9-11-22-23-12-10-20(7-6-8-25(29)30-28)26(23,3)16-14-24(22)27;1-3-2/h5,19-24H,6-17H2,1-4H3;3H2,1-2H3/t19?,20?,21?,22?,23-,24?,26?,27?;/m0./s1. The molecule has 0 radical (unpaired) electrons. The summed E-state index contributed by atoms with van der Waals surface area (Å²) in [5.41, 5.74) is 2.60. The van der Waals surface area contributed by atoms with Crippen LogP contribution in [0.15, 0.2) is 11.6 Å². The van der Waals surface area contributed by atoms with E-state index < -0.39 is 5.97 Å². The van der Waals surface area contributed by atoms with Gasteiger partial charge in [0.25, 0.3) is 0 Å². The fourth-order valence-electron chi connectivity index (χ4n) is 9.02. The Balaban J connectivity index is 0.000000968. The smallest absolute Gasteiger partial charge is 0.255 e. The first kappa shape index (κ1) is 26.7. The minimum Gasteiger partial charge on any atom is -0.255 e. The third-order valence-electron chi connectivity index (χ3n) is 11.0. The van der Waals surface area contributed by atoms with Crippen molar-refractivity contribution < 1.29 is 14.3 Å². The number of carbonyl (C=O) groups is 1. The maximum Gasteiger partial charge on any atom is 0.348 e. The molecule has 0 aromatic heterocycles. The Morgan fingerprint density at radius 2 is 1.67 bits per heavy atom. The summed E-state index contributed by atoms with van der Waals surface area (Å²) < 4.78 is 12.0. The average Bonchev–Trinajstić information content (AvgIpc) is 3.14. The summed E-state index contributed by atoms with van der Waals surface area (Å²) in [5.74, 6) is 4.43.